The van der Waals surface area contributed by atoms with E-state index < -0.39 is 24.4 Å². The molecule has 1 aromatic rings. The summed E-state index contributed by atoms with van der Waals surface area (Å²) in [5.41, 5.74) is 1.57. The molecular formula is C25H34N4O8. The molecule has 1 aromatic carbocycles. The Bertz CT molecular complexity index is 977. The van der Waals surface area contributed by atoms with Crippen molar-refractivity contribution >= 4 is 30.1 Å². The minimum atomic E-state index is -0.658. The van der Waals surface area contributed by atoms with Crippen LogP contribution in [0.1, 0.15) is 43.7 Å². The van der Waals surface area contributed by atoms with E-state index in [9.17, 15) is 24.0 Å². The highest BCUT2D eigenvalue weighted by molar-refractivity contribution is 6.05. The molecule has 0 radical (unpaired) electrons. The number of nitrogens with zero attached hydrogens (tertiary/aromatic N) is 1. The van der Waals surface area contributed by atoms with E-state index >= 15 is 0 Å². The van der Waals surface area contributed by atoms with E-state index in [2.05, 4.69) is 16.0 Å². The van der Waals surface area contributed by atoms with Crippen molar-refractivity contribution in [3.63, 3.8) is 0 Å². The van der Waals surface area contributed by atoms with Crippen molar-refractivity contribution in [2.75, 3.05) is 26.8 Å². The molecule has 3 rings (SSSR count). The van der Waals surface area contributed by atoms with E-state index in [0.717, 1.165) is 36.8 Å². The smallest absolute Gasteiger partial charge is 0.407 e. The number of hydrogen-bond donors (Lipinski definition) is 3. The summed E-state index contributed by atoms with van der Waals surface area (Å²) in [5, 5.41) is 7.55. The van der Waals surface area contributed by atoms with Gasteiger partial charge in [-0.2, -0.15) is 0 Å². The lowest BCUT2D eigenvalue weighted by Gasteiger charge is -2.19. The molecule has 2 aliphatic rings. The van der Waals surface area contributed by atoms with Crippen LogP contribution >= 0.6 is 0 Å². The maximum Gasteiger partial charge on any atom is 0.407 e. The predicted molar refractivity (Wildman–Crippen MR) is 130 cm³/mol. The number of likely N-dealkylation sites (tertiary alicyclic amines) is 1. The number of fused-ring (bicyclic) bond motifs is 1. The van der Waals surface area contributed by atoms with E-state index in [1.54, 1.807) is 13.0 Å². The van der Waals surface area contributed by atoms with Crippen LogP contribution in [0.2, 0.25) is 0 Å². The lowest BCUT2D eigenvalue weighted by molar-refractivity contribution is -0.140. The van der Waals surface area contributed by atoms with Crippen molar-refractivity contribution in [1.29, 1.82) is 0 Å². The van der Waals surface area contributed by atoms with Gasteiger partial charge in [-0.3, -0.25) is 14.5 Å². The molecule has 3 atom stereocenters. The average molecular weight is 519 g/mol. The van der Waals surface area contributed by atoms with Gasteiger partial charge in [0, 0.05) is 20.1 Å². The minimum absolute atomic E-state index is 0.0614. The fraction of sp³-hybridized carbons (Fsp3) is 0.560. The summed E-state index contributed by atoms with van der Waals surface area (Å²) in [5.74, 6) is -0.741. The van der Waals surface area contributed by atoms with E-state index in [0.29, 0.717) is 0 Å². The summed E-state index contributed by atoms with van der Waals surface area (Å²) in [6.07, 6.45) is 0.869. The summed E-state index contributed by atoms with van der Waals surface area (Å²) in [4.78, 5) is 61.3. The highest BCUT2D eigenvalue weighted by Gasteiger charge is 2.47. The van der Waals surface area contributed by atoms with Crippen LogP contribution in [-0.2, 0) is 36.9 Å². The predicted octanol–water partition coefficient (Wildman–Crippen LogP) is 2.06. The van der Waals surface area contributed by atoms with E-state index in [-0.39, 0.29) is 56.5 Å². The molecule has 1 saturated heterocycles. The van der Waals surface area contributed by atoms with Gasteiger partial charge in [-0.25, -0.2) is 14.4 Å². The summed E-state index contributed by atoms with van der Waals surface area (Å²) < 4.78 is 15.1. The van der Waals surface area contributed by atoms with Crippen LogP contribution in [-0.4, -0.2) is 67.9 Å². The molecule has 12 heteroatoms. The Labute approximate surface area is 215 Å². The van der Waals surface area contributed by atoms with Gasteiger partial charge in [0.1, 0.15) is 19.3 Å². The maximum atomic E-state index is 12.5. The van der Waals surface area contributed by atoms with Crippen LogP contribution in [0.15, 0.2) is 24.3 Å². The molecule has 1 saturated carbocycles. The van der Waals surface area contributed by atoms with Gasteiger partial charge in [-0.15, -0.1) is 0 Å². The number of ether oxygens (including phenoxy) is 3. The van der Waals surface area contributed by atoms with E-state index in [1.807, 2.05) is 18.2 Å². The standard InChI is InChI=1S/C25H34N4O8/c1-16(15-36-23(32)26-2)37-25(34)28-14-18-7-5-6-17(12-18)13-27-24(33)35-11-10-29-21(30)19-8-3-4-9-20(19)22(29)31/h5-7,12,16,19-20H,3-4,8-11,13-15H2,1-2H3,(H,26,32)(H,27,33)(H,28,34). The van der Waals surface area contributed by atoms with Crippen LogP contribution in [0.25, 0.3) is 0 Å². The number of rotatable bonds is 10. The monoisotopic (exact) mass is 518 g/mol. The van der Waals surface area contributed by atoms with Crippen molar-refractivity contribution in [3.05, 3.63) is 35.4 Å². The molecule has 5 amide bonds. The van der Waals surface area contributed by atoms with Gasteiger partial charge in [0.15, 0.2) is 0 Å². The number of carbonyl (C=O) groups is 5. The maximum absolute atomic E-state index is 12.5. The first-order valence-electron chi connectivity index (χ1n) is 12.4. The lowest BCUT2D eigenvalue weighted by Crippen LogP contribution is -2.35. The number of carbonyl (C=O) groups excluding carboxylic acids is 5. The van der Waals surface area contributed by atoms with Gasteiger partial charge in [0.05, 0.1) is 18.4 Å². The fourth-order valence-electron chi connectivity index (χ4n) is 4.45. The van der Waals surface area contributed by atoms with Gasteiger partial charge < -0.3 is 30.2 Å². The van der Waals surface area contributed by atoms with Gasteiger partial charge >= 0.3 is 18.3 Å². The second-order valence-corrected chi connectivity index (χ2v) is 9.05. The Morgan fingerprint density at radius 1 is 0.946 bits per heavy atom. The molecule has 202 valence electrons. The zero-order valence-corrected chi connectivity index (χ0v) is 21.1. The van der Waals surface area contributed by atoms with Gasteiger partial charge in [0.2, 0.25) is 11.8 Å². The summed E-state index contributed by atoms with van der Waals surface area (Å²) in [6.45, 7) is 1.90. The molecule has 1 aliphatic carbocycles. The van der Waals surface area contributed by atoms with Crippen molar-refractivity contribution in [1.82, 2.24) is 20.9 Å². The highest BCUT2D eigenvalue weighted by atomic mass is 16.6. The normalized spacial score (nSPS) is 19.5. The molecule has 0 spiro atoms. The van der Waals surface area contributed by atoms with Crippen molar-refractivity contribution in [3.8, 4) is 0 Å². The zero-order valence-electron chi connectivity index (χ0n) is 21.1. The average Bonchev–Trinajstić information content (AvgIpc) is 3.14. The van der Waals surface area contributed by atoms with Gasteiger partial charge in [-0.1, -0.05) is 37.1 Å². The van der Waals surface area contributed by atoms with Crippen LogP contribution in [0.4, 0.5) is 14.4 Å². The number of benzene rings is 1. The topological polar surface area (TPSA) is 152 Å². The fourth-order valence-corrected chi connectivity index (χ4v) is 4.45. The molecular weight excluding hydrogens is 484 g/mol. The first-order valence-corrected chi connectivity index (χ1v) is 12.4. The Balaban J connectivity index is 1.34. The first-order chi connectivity index (χ1) is 17.8. The third-order valence-electron chi connectivity index (χ3n) is 6.31. The molecule has 3 N–H and O–H groups in total. The Morgan fingerprint density at radius 3 is 2.14 bits per heavy atom. The highest BCUT2D eigenvalue weighted by Crippen LogP contribution is 2.37. The summed E-state index contributed by atoms with van der Waals surface area (Å²) in [7, 11) is 1.43. The summed E-state index contributed by atoms with van der Waals surface area (Å²) in [6, 6.07) is 7.21. The third kappa shape index (κ3) is 8.09. The third-order valence-corrected chi connectivity index (χ3v) is 6.31. The van der Waals surface area contributed by atoms with Crippen molar-refractivity contribution in [2.24, 2.45) is 11.8 Å². The first kappa shape index (κ1) is 27.8. The molecule has 0 bridgehead atoms. The molecule has 3 unspecified atom stereocenters. The molecule has 37 heavy (non-hydrogen) atoms. The SMILES string of the molecule is CNC(=O)OCC(C)OC(=O)NCc1cccc(CNC(=O)OCCN2C(=O)C3CCCCC3C2=O)c1. The molecule has 0 aromatic heterocycles. The number of amides is 5. The number of nitrogens with one attached hydrogen (secondary N) is 3. The van der Waals surface area contributed by atoms with E-state index in [1.165, 1.54) is 11.9 Å². The quantitative estimate of drug-likeness (QED) is 0.314. The molecule has 2 fully saturated rings. The number of alkyl carbamates (subject to hydrolysis) is 3. The number of hydrogen-bond acceptors (Lipinski definition) is 8. The summed E-state index contributed by atoms with van der Waals surface area (Å²) >= 11 is 0. The Hall–Kier alpha value is -3.83. The van der Waals surface area contributed by atoms with Crippen molar-refractivity contribution in [2.45, 2.75) is 51.8 Å². The van der Waals surface area contributed by atoms with Crippen molar-refractivity contribution < 1.29 is 38.2 Å². The van der Waals surface area contributed by atoms with Crippen LogP contribution in [0, 0.1) is 11.8 Å². The lowest BCUT2D eigenvalue weighted by atomic mass is 9.81. The van der Waals surface area contributed by atoms with E-state index in [4.69, 9.17) is 14.2 Å². The zero-order chi connectivity index (χ0) is 26.8. The Kier molecular flexibility index (Phi) is 10.1. The van der Waals surface area contributed by atoms with Gasteiger partial charge in [0.25, 0.3) is 0 Å². The number of imide groups is 1. The second kappa shape index (κ2) is 13.5. The van der Waals surface area contributed by atoms with Crippen LogP contribution in [0.5, 0.6) is 0 Å². The molecule has 1 aliphatic heterocycles. The van der Waals surface area contributed by atoms with Crippen LogP contribution in [0.3, 0.4) is 0 Å². The second-order valence-electron chi connectivity index (χ2n) is 9.05. The Morgan fingerprint density at radius 2 is 1.54 bits per heavy atom. The van der Waals surface area contributed by atoms with Gasteiger partial charge in [-0.05, 0) is 30.9 Å². The largest absolute Gasteiger partial charge is 0.448 e. The van der Waals surface area contributed by atoms with Crippen LogP contribution < -0.4 is 16.0 Å². The molecule has 12 nitrogen and oxygen atoms in total. The minimum Gasteiger partial charge on any atom is -0.448 e. The molecule has 1 heterocycles.